The summed E-state index contributed by atoms with van der Waals surface area (Å²) < 4.78 is 33.2. The third-order valence-electron chi connectivity index (χ3n) is 5.81. The fraction of sp³-hybridized carbons (Fsp3) is 0.409. The standard InChI is InChI=1S/C22H22F2N6O3/c23-15-9-14(10-16(24)11-15)18-3-7-26-30(18)22(32)29-8-5-17(12-29)33-19-4-6-25-21(27-19)28-20(31)13-1-2-13/h4,6-7,9-11,13,17-18H,1-3,5,8,12H2,(H,25,27,28,31)/t17-,18+/m1/s1. The maximum absolute atomic E-state index is 13.7. The number of halogens is 2. The van der Waals surface area contributed by atoms with Crippen molar-refractivity contribution in [2.75, 3.05) is 18.4 Å². The Balaban J connectivity index is 1.20. The Hall–Kier alpha value is -3.63. The predicted molar refractivity (Wildman–Crippen MR) is 113 cm³/mol. The van der Waals surface area contributed by atoms with Crippen LogP contribution in [0.25, 0.3) is 0 Å². The summed E-state index contributed by atoms with van der Waals surface area (Å²) in [5.41, 5.74) is 0.354. The Morgan fingerprint density at radius 1 is 1.12 bits per heavy atom. The lowest BCUT2D eigenvalue weighted by Crippen LogP contribution is -2.40. The van der Waals surface area contributed by atoms with E-state index in [1.54, 1.807) is 17.2 Å². The summed E-state index contributed by atoms with van der Waals surface area (Å²) in [6.07, 6.45) is 5.48. The average Bonchev–Trinajstić information content (AvgIpc) is 3.34. The molecule has 1 aromatic heterocycles. The van der Waals surface area contributed by atoms with Gasteiger partial charge >= 0.3 is 6.03 Å². The van der Waals surface area contributed by atoms with E-state index >= 15 is 0 Å². The number of anilines is 1. The monoisotopic (exact) mass is 456 g/mol. The van der Waals surface area contributed by atoms with Crippen molar-refractivity contribution in [3.63, 3.8) is 0 Å². The highest BCUT2D eigenvalue weighted by Crippen LogP contribution is 2.32. The number of carbonyl (C=O) groups excluding carboxylic acids is 2. The first-order valence-corrected chi connectivity index (χ1v) is 10.8. The summed E-state index contributed by atoms with van der Waals surface area (Å²) in [7, 11) is 0. The lowest BCUT2D eigenvalue weighted by atomic mass is 10.0. The fourth-order valence-corrected chi connectivity index (χ4v) is 3.98. The maximum Gasteiger partial charge on any atom is 0.341 e. The minimum atomic E-state index is -0.698. The second kappa shape index (κ2) is 8.72. The number of benzene rings is 1. The van der Waals surface area contributed by atoms with Gasteiger partial charge < -0.3 is 9.64 Å². The number of amides is 3. The Labute approximate surface area is 188 Å². The molecule has 0 radical (unpaired) electrons. The molecule has 1 saturated heterocycles. The number of carbonyl (C=O) groups is 2. The van der Waals surface area contributed by atoms with Crippen molar-refractivity contribution in [1.82, 2.24) is 19.9 Å². The Morgan fingerprint density at radius 2 is 1.91 bits per heavy atom. The molecule has 2 fully saturated rings. The normalized spacial score (nSPS) is 22.0. The van der Waals surface area contributed by atoms with Crippen LogP contribution in [0.2, 0.25) is 0 Å². The van der Waals surface area contributed by atoms with Crippen molar-refractivity contribution < 1.29 is 23.1 Å². The molecule has 2 aliphatic heterocycles. The minimum Gasteiger partial charge on any atom is -0.472 e. The lowest BCUT2D eigenvalue weighted by Gasteiger charge is -2.27. The van der Waals surface area contributed by atoms with E-state index in [9.17, 15) is 18.4 Å². The zero-order valence-electron chi connectivity index (χ0n) is 17.7. The molecule has 0 bridgehead atoms. The SMILES string of the molecule is O=C(Nc1nccc(O[C@@H]2CCN(C(=O)N3N=CC[C@H]3c3cc(F)cc(F)c3)C2)n1)C1CC1. The molecular weight excluding hydrogens is 434 g/mol. The molecule has 1 saturated carbocycles. The first-order valence-electron chi connectivity index (χ1n) is 10.8. The van der Waals surface area contributed by atoms with Gasteiger partial charge in [0.2, 0.25) is 17.7 Å². The summed E-state index contributed by atoms with van der Waals surface area (Å²) >= 11 is 0. The molecule has 3 heterocycles. The van der Waals surface area contributed by atoms with E-state index in [0.29, 0.717) is 37.4 Å². The molecule has 0 spiro atoms. The van der Waals surface area contributed by atoms with E-state index in [-0.39, 0.29) is 29.9 Å². The van der Waals surface area contributed by atoms with Crippen molar-refractivity contribution in [3.8, 4) is 5.88 Å². The quantitative estimate of drug-likeness (QED) is 0.745. The van der Waals surface area contributed by atoms with Crippen LogP contribution in [0.1, 0.15) is 37.3 Å². The van der Waals surface area contributed by atoms with Gasteiger partial charge in [0.1, 0.15) is 17.7 Å². The number of rotatable bonds is 5. The van der Waals surface area contributed by atoms with Crippen molar-refractivity contribution in [2.24, 2.45) is 11.0 Å². The van der Waals surface area contributed by atoms with Crippen molar-refractivity contribution in [2.45, 2.75) is 37.8 Å². The van der Waals surface area contributed by atoms with Crippen LogP contribution in [0.5, 0.6) is 5.88 Å². The van der Waals surface area contributed by atoms with E-state index in [0.717, 1.165) is 18.9 Å². The molecule has 172 valence electrons. The number of hydrogen-bond acceptors (Lipinski definition) is 6. The fourth-order valence-electron chi connectivity index (χ4n) is 3.98. The third-order valence-corrected chi connectivity index (χ3v) is 5.81. The highest BCUT2D eigenvalue weighted by Gasteiger charge is 2.36. The second-order valence-electron chi connectivity index (χ2n) is 8.34. The molecule has 3 amide bonds. The van der Waals surface area contributed by atoms with Crippen LogP contribution in [0.3, 0.4) is 0 Å². The van der Waals surface area contributed by atoms with Gasteiger partial charge in [-0.1, -0.05) is 0 Å². The Bertz CT molecular complexity index is 1090. The van der Waals surface area contributed by atoms with E-state index in [2.05, 4.69) is 20.4 Å². The second-order valence-corrected chi connectivity index (χ2v) is 8.34. The number of hydrazone groups is 1. The highest BCUT2D eigenvalue weighted by molar-refractivity contribution is 5.92. The molecule has 33 heavy (non-hydrogen) atoms. The van der Waals surface area contributed by atoms with Crippen molar-refractivity contribution >= 4 is 24.1 Å². The maximum atomic E-state index is 13.7. The summed E-state index contributed by atoms with van der Waals surface area (Å²) in [6.45, 7) is 0.749. The summed E-state index contributed by atoms with van der Waals surface area (Å²) in [4.78, 5) is 34.8. The molecule has 3 aliphatic rings. The van der Waals surface area contributed by atoms with Gasteiger partial charge in [-0.05, 0) is 30.5 Å². The van der Waals surface area contributed by atoms with Crippen LogP contribution < -0.4 is 10.1 Å². The Morgan fingerprint density at radius 3 is 2.67 bits per heavy atom. The predicted octanol–water partition coefficient (Wildman–Crippen LogP) is 3.11. The molecule has 1 aromatic carbocycles. The number of aromatic nitrogens is 2. The molecule has 0 unspecified atom stereocenters. The van der Waals surface area contributed by atoms with Gasteiger partial charge in [-0.2, -0.15) is 10.1 Å². The number of urea groups is 1. The average molecular weight is 456 g/mol. The highest BCUT2D eigenvalue weighted by atomic mass is 19.1. The molecule has 11 heteroatoms. The molecule has 2 atom stereocenters. The first-order chi connectivity index (χ1) is 16.0. The topological polar surface area (TPSA) is 100 Å². The molecule has 2 aromatic rings. The largest absolute Gasteiger partial charge is 0.472 e. The number of ether oxygens (including phenoxy) is 1. The van der Waals surface area contributed by atoms with Gasteiger partial charge in [-0.25, -0.2) is 23.6 Å². The van der Waals surface area contributed by atoms with Gasteiger partial charge in [0.25, 0.3) is 0 Å². The van der Waals surface area contributed by atoms with E-state index < -0.39 is 17.7 Å². The number of nitrogens with one attached hydrogen (secondary N) is 1. The van der Waals surface area contributed by atoms with Crippen molar-refractivity contribution in [1.29, 1.82) is 0 Å². The lowest BCUT2D eigenvalue weighted by molar-refractivity contribution is -0.117. The van der Waals surface area contributed by atoms with E-state index in [4.69, 9.17) is 4.74 Å². The number of likely N-dealkylation sites (tertiary alicyclic amines) is 1. The molecular formula is C22H22F2N6O3. The van der Waals surface area contributed by atoms with Gasteiger partial charge in [-0.3, -0.25) is 10.1 Å². The van der Waals surface area contributed by atoms with Gasteiger partial charge in [0.15, 0.2) is 0 Å². The van der Waals surface area contributed by atoms with Crippen LogP contribution in [-0.4, -0.2) is 57.2 Å². The number of nitrogens with zero attached hydrogens (tertiary/aromatic N) is 5. The summed E-state index contributed by atoms with van der Waals surface area (Å²) in [6, 6.07) is 3.90. The van der Waals surface area contributed by atoms with E-state index in [1.165, 1.54) is 23.3 Å². The molecule has 1 N–H and O–H groups in total. The molecule has 1 aliphatic carbocycles. The zero-order valence-corrected chi connectivity index (χ0v) is 17.7. The van der Waals surface area contributed by atoms with Crippen LogP contribution in [0.4, 0.5) is 19.5 Å². The first kappa shape index (κ1) is 21.2. The molecule has 9 nitrogen and oxygen atoms in total. The minimum absolute atomic E-state index is 0.0357. The smallest absolute Gasteiger partial charge is 0.341 e. The summed E-state index contributed by atoms with van der Waals surface area (Å²) in [5, 5.41) is 8.07. The van der Waals surface area contributed by atoms with Crippen LogP contribution in [0, 0.1) is 17.6 Å². The van der Waals surface area contributed by atoms with Crippen LogP contribution in [-0.2, 0) is 4.79 Å². The number of hydrogen-bond donors (Lipinski definition) is 1. The summed E-state index contributed by atoms with van der Waals surface area (Å²) in [5.74, 6) is -0.959. The van der Waals surface area contributed by atoms with Crippen LogP contribution >= 0.6 is 0 Å². The van der Waals surface area contributed by atoms with Crippen molar-refractivity contribution in [3.05, 3.63) is 47.7 Å². The third kappa shape index (κ3) is 4.76. The zero-order chi connectivity index (χ0) is 22.9. The van der Waals surface area contributed by atoms with Gasteiger partial charge in [0, 0.05) is 49.8 Å². The molecule has 5 rings (SSSR count). The van der Waals surface area contributed by atoms with Gasteiger partial charge in [0.05, 0.1) is 12.6 Å². The van der Waals surface area contributed by atoms with Crippen LogP contribution in [0.15, 0.2) is 35.6 Å². The Kier molecular flexibility index (Phi) is 5.61. The van der Waals surface area contributed by atoms with Gasteiger partial charge in [-0.15, -0.1) is 0 Å². The van der Waals surface area contributed by atoms with E-state index in [1.807, 2.05) is 0 Å².